The summed E-state index contributed by atoms with van der Waals surface area (Å²) in [6.07, 6.45) is -0.420. The van der Waals surface area contributed by atoms with E-state index in [0.717, 1.165) is 14.5 Å². The Labute approximate surface area is 134 Å². The van der Waals surface area contributed by atoms with Gasteiger partial charge in [-0.3, -0.25) is 0 Å². The van der Waals surface area contributed by atoms with Gasteiger partial charge in [-0.1, -0.05) is 44.0 Å². The fraction of sp³-hybridized carbons (Fsp3) is 0.200. The monoisotopic (exact) mass is 401 g/mol. The maximum Gasteiger partial charge on any atom is 0.165 e. The lowest BCUT2D eigenvalue weighted by Crippen LogP contribution is -2.29. The highest BCUT2D eigenvalue weighted by Gasteiger charge is 2.20. The zero-order valence-corrected chi connectivity index (χ0v) is 14.0. The van der Waals surface area contributed by atoms with Gasteiger partial charge in [-0.2, -0.15) is 0 Å². The predicted octanol–water partition coefficient (Wildman–Crippen LogP) is 4.82. The van der Waals surface area contributed by atoms with E-state index in [1.54, 1.807) is 12.1 Å². The molecule has 0 saturated heterocycles. The fourth-order valence-electron chi connectivity index (χ4n) is 1.87. The van der Waals surface area contributed by atoms with Gasteiger partial charge in [0.1, 0.15) is 6.10 Å². The summed E-state index contributed by atoms with van der Waals surface area (Å²) in [6, 6.07) is 12.0. The van der Waals surface area contributed by atoms with E-state index in [1.807, 2.05) is 31.2 Å². The van der Waals surface area contributed by atoms with Gasteiger partial charge in [-0.25, -0.2) is 4.39 Å². The summed E-state index contributed by atoms with van der Waals surface area (Å²) >= 11 is 6.72. The van der Waals surface area contributed by atoms with E-state index < -0.39 is 11.9 Å². The molecule has 0 aliphatic rings. The third-order valence-corrected chi connectivity index (χ3v) is 3.79. The molecule has 0 radical (unpaired) electrons. The number of nitrogens with two attached hydrogens (primary N) is 1. The van der Waals surface area contributed by atoms with Gasteiger partial charge in [0.2, 0.25) is 0 Å². The molecule has 2 rings (SSSR count). The van der Waals surface area contributed by atoms with E-state index in [-0.39, 0.29) is 11.8 Å². The molecule has 2 aromatic rings. The van der Waals surface area contributed by atoms with E-state index in [1.165, 1.54) is 6.07 Å². The first-order valence-corrected chi connectivity index (χ1v) is 7.68. The average Bonchev–Trinajstić information content (AvgIpc) is 2.39. The van der Waals surface area contributed by atoms with Crippen LogP contribution in [0.2, 0.25) is 0 Å². The minimum absolute atomic E-state index is 0.182. The Hall–Kier alpha value is -0.910. The van der Waals surface area contributed by atoms with Crippen molar-refractivity contribution in [3.63, 3.8) is 0 Å². The van der Waals surface area contributed by atoms with Gasteiger partial charge in [0.05, 0.1) is 0 Å². The molecule has 0 spiro atoms. The van der Waals surface area contributed by atoms with E-state index >= 15 is 0 Å². The van der Waals surface area contributed by atoms with Gasteiger partial charge < -0.3 is 10.5 Å². The first-order chi connectivity index (χ1) is 9.47. The number of ether oxygens (including phenoxy) is 1. The van der Waals surface area contributed by atoms with E-state index in [9.17, 15) is 4.39 Å². The van der Waals surface area contributed by atoms with E-state index in [0.29, 0.717) is 0 Å². The van der Waals surface area contributed by atoms with Gasteiger partial charge in [-0.05, 0) is 42.8 Å². The van der Waals surface area contributed by atoms with Crippen LogP contribution in [0.5, 0.6) is 5.75 Å². The second-order valence-electron chi connectivity index (χ2n) is 4.53. The Morgan fingerprint density at radius 1 is 1.10 bits per heavy atom. The summed E-state index contributed by atoms with van der Waals surface area (Å²) in [4.78, 5) is 0. The number of hydrogen-bond acceptors (Lipinski definition) is 2. The van der Waals surface area contributed by atoms with Gasteiger partial charge in [-0.15, -0.1) is 0 Å². The Kier molecular flexibility index (Phi) is 5.18. The normalized spacial score (nSPS) is 13.8. The van der Waals surface area contributed by atoms with Crippen LogP contribution < -0.4 is 10.5 Å². The van der Waals surface area contributed by atoms with Crippen molar-refractivity contribution in [1.82, 2.24) is 0 Å². The molecule has 0 saturated carbocycles. The quantitative estimate of drug-likeness (QED) is 0.795. The van der Waals surface area contributed by atoms with Crippen LogP contribution in [0.25, 0.3) is 0 Å². The number of hydrogen-bond donors (Lipinski definition) is 1. The molecule has 2 aromatic carbocycles. The third kappa shape index (κ3) is 3.81. The van der Waals surface area contributed by atoms with Crippen molar-refractivity contribution in [2.75, 3.05) is 0 Å². The molecular weight excluding hydrogens is 389 g/mol. The van der Waals surface area contributed by atoms with Crippen LogP contribution in [0.15, 0.2) is 51.4 Å². The molecule has 0 aliphatic carbocycles. The van der Waals surface area contributed by atoms with Gasteiger partial charge in [0.15, 0.2) is 11.6 Å². The van der Waals surface area contributed by atoms with E-state index in [2.05, 4.69) is 31.9 Å². The van der Waals surface area contributed by atoms with Crippen molar-refractivity contribution in [3.05, 3.63) is 62.8 Å². The second-order valence-corrected chi connectivity index (χ2v) is 6.36. The minimum Gasteiger partial charge on any atom is -0.481 e. The van der Waals surface area contributed by atoms with Crippen LogP contribution in [-0.4, -0.2) is 6.04 Å². The summed E-state index contributed by atoms with van der Waals surface area (Å²) in [5, 5.41) is 0. The number of benzene rings is 2. The van der Waals surface area contributed by atoms with Crippen LogP contribution in [0.3, 0.4) is 0 Å². The molecule has 0 heterocycles. The molecule has 5 heteroatoms. The van der Waals surface area contributed by atoms with Crippen molar-refractivity contribution in [3.8, 4) is 5.75 Å². The molecule has 2 nitrogen and oxygen atoms in total. The molecule has 20 heavy (non-hydrogen) atoms. The van der Waals surface area contributed by atoms with Crippen molar-refractivity contribution < 1.29 is 9.13 Å². The first kappa shape index (κ1) is 15.5. The Morgan fingerprint density at radius 3 is 2.45 bits per heavy atom. The largest absolute Gasteiger partial charge is 0.481 e. The topological polar surface area (TPSA) is 35.2 Å². The lowest BCUT2D eigenvalue weighted by atomic mass is 10.0. The van der Waals surface area contributed by atoms with Gasteiger partial charge in [0.25, 0.3) is 0 Å². The van der Waals surface area contributed by atoms with Crippen LogP contribution in [0, 0.1) is 5.82 Å². The summed E-state index contributed by atoms with van der Waals surface area (Å²) < 4.78 is 21.3. The lowest BCUT2D eigenvalue weighted by molar-refractivity contribution is 0.172. The highest BCUT2D eigenvalue weighted by Crippen LogP contribution is 2.29. The van der Waals surface area contributed by atoms with Crippen LogP contribution in [0.4, 0.5) is 4.39 Å². The SMILES string of the molecule is CC(N)C(Oc1cc(Br)ccc1F)c1cccc(Br)c1. The van der Waals surface area contributed by atoms with Crippen LogP contribution >= 0.6 is 31.9 Å². The fourth-order valence-corrected chi connectivity index (χ4v) is 2.62. The molecule has 0 amide bonds. The van der Waals surface area contributed by atoms with Crippen molar-refractivity contribution in [1.29, 1.82) is 0 Å². The van der Waals surface area contributed by atoms with Crippen LogP contribution in [-0.2, 0) is 0 Å². The average molecular weight is 403 g/mol. The summed E-state index contributed by atoms with van der Waals surface area (Å²) in [7, 11) is 0. The standard InChI is InChI=1S/C15H14Br2FNO/c1-9(19)15(10-3-2-4-11(16)7-10)20-14-8-12(17)5-6-13(14)18/h2-9,15H,19H2,1H3. The number of rotatable bonds is 4. The maximum absolute atomic E-state index is 13.8. The van der Waals surface area contributed by atoms with Gasteiger partial charge in [0, 0.05) is 15.0 Å². The Bertz CT molecular complexity index is 604. The second kappa shape index (κ2) is 6.70. The van der Waals surface area contributed by atoms with Crippen LogP contribution in [0.1, 0.15) is 18.6 Å². The molecule has 2 unspecified atom stereocenters. The lowest BCUT2D eigenvalue weighted by Gasteiger charge is -2.23. The molecule has 0 aliphatic heterocycles. The molecule has 106 valence electrons. The maximum atomic E-state index is 13.8. The Morgan fingerprint density at radius 2 is 1.80 bits per heavy atom. The zero-order chi connectivity index (χ0) is 14.7. The summed E-state index contributed by atoms with van der Waals surface area (Å²) in [5.74, 6) is -0.226. The Balaban J connectivity index is 2.33. The molecular formula is C15H14Br2FNO. The number of halogens is 3. The minimum atomic E-state index is -0.420. The van der Waals surface area contributed by atoms with Crippen molar-refractivity contribution in [2.45, 2.75) is 19.1 Å². The predicted molar refractivity (Wildman–Crippen MR) is 85.3 cm³/mol. The van der Waals surface area contributed by atoms with Gasteiger partial charge >= 0.3 is 0 Å². The van der Waals surface area contributed by atoms with Crippen molar-refractivity contribution >= 4 is 31.9 Å². The molecule has 0 bridgehead atoms. The van der Waals surface area contributed by atoms with E-state index in [4.69, 9.17) is 10.5 Å². The summed E-state index contributed by atoms with van der Waals surface area (Å²) in [6.45, 7) is 1.83. The molecule has 0 fully saturated rings. The highest BCUT2D eigenvalue weighted by atomic mass is 79.9. The highest BCUT2D eigenvalue weighted by molar-refractivity contribution is 9.10. The summed E-state index contributed by atoms with van der Waals surface area (Å²) in [5.41, 5.74) is 6.88. The van der Waals surface area contributed by atoms with Crippen molar-refractivity contribution in [2.24, 2.45) is 5.73 Å². The molecule has 2 N–H and O–H groups in total. The molecule has 2 atom stereocenters. The third-order valence-electron chi connectivity index (χ3n) is 2.80. The smallest absolute Gasteiger partial charge is 0.165 e. The molecule has 0 aromatic heterocycles. The zero-order valence-electron chi connectivity index (χ0n) is 10.8. The first-order valence-electron chi connectivity index (χ1n) is 6.10.